The van der Waals surface area contributed by atoms with Gasteiger partial charge in [-0.05, 0) is 28.4 Å². The summed E-state index contributed by atoms with van der Waals surface area (Å²) in [5.41, 5.74) is -0.967. The Labute approximate surface area is 122 Å². The minimum Gasteiger partial charge on any atom is -0.477 e. The molecule has 1 aliphatic heterocycles. The zero-order valence-electron chi connectivity index (χ0n) is 9.96. The van der Waals surface area contributed by atoms with Crippen LogP contribution >= 0.6 is 27.3 Å². The summed E-state index contributed by atoms with van der Waals surface area (Å²) >= 11 is 3.93. The standard InChI is InChI=1S/C10H12BrNO5S2/c1-2-10(15)4-12(5-10)19(16,17)7-3-6(9(13)14)18-8(7)11/h3,15H,2,4-5H2,1H3,(H,13,14). The second-order valence-corrected chi connectivity index (χ2v) is 8.68. The number of hydrogen-bond acceptors (Lipinski definition) is 5. The van der Waals surface area contributed by atoms with Gasteiger partial charge < -0.3 is 10.2 Å². The number of aromatic carboxylic acids is 1. The van der Waals surface area contributed by atoms with Crippen LogP contribution in [0.2, 0.25) is 0 Å². The lowest BCUT2D eigenvalue weighted by Gasteiger charge is -2.44. The number of carboxylic acids is 1. The van der Waals surface area contributed by atoms with E-state index in [2.05, 4.69) is 15.9 Å². The molecule has 106 valence electrons. The minimum absolute atomic E-state index is 0.0382. The molecule has 1 aromatic heterocycles. The van der Waals surface area contributed by atoms with E-state index in [-0.39, 0.29) is 26.6 Å². The van der Waals surface area contributed by atoms with Gasteiger partial charge in [0.1, 0.15) is 9.77 Å². The molecule has 0 aromatic carbocycles. The van der Waals surface area contributed by atoms with Crippen molar-refractivity contribution < 1.29 is 23.4 Å². The van der Waals surface area contributed by atoms with E-state index in [0.717, 1.165) is 21.7 Å². The van der Waals surface area contributed by atoms with Crippen molar-refractivity contribution in [2.45, 2.75) is 23.8 Å². The molecule has 6 nitrogen and oxygen atoms in total. The Morgan fingerprint density at radius 1 is 1.58 bits per heavy atom. The third-order valence-corrected chi connectivity index (χ3v) is 7.12. The van der Waals surface area contributed by atoms with Gasteiger partial charge in [-0.25, -0.2) is 13.2 Å². The number of rotatable bonds is 4. The molecule has 0 spiro atoms. The number of halogens is 1. The molecule has 0 saturated carbocycles. The van der Waals surface area contributed by atoms with Crippen LogP contribution in [0.4, 0.5) is 0 Å². The van der Waals surface area contributed by atoms with Crippen LogP contribution in [0.15, 0.2) is 14.7 Å². The van der Waals surface area contributed by atoms with Gasteiger partial charge in [0.2, 0.25) is 10.0 Å². The molecule has 0 atom stereocenters. The molecular weight excluding hydrogens is 358 g/mol. The average molecular weight is 370 g/mol. The first-order valence-corrected chi connectivity index (χ1v) is 8.50. The first kappa shape index (κ1) is 14.9. The van der Waals surface area contributed by atoms with Crippen LogP contribution < -0.4 is 0 Å². The van der Waals surface area contributed by atoms with Crippen molar-refractivity contribution in [2.24, 2.45) is 0 Å². The topological polar surface area (TPSA) is 94.9 Å². The molecule has 1 saturated heterocycles. The van der Waals surface area contributed by atoms with E-state index < -0.39 is 21.6 Å². The minimum atomic E-state index is -3.75. The molecule has 19 heavy (non-hydrogen) atoms. The highest BCUT2D eigenvalue weighted by Crippen LogP contribution is 2.37. The summed E-state index contributed by atoms with van der Waals surface area (Å²) in [6.45, 7) is 1.86. The first-order valence-electron chi connectivity index (χ1n) is 5.45. The van der Waals surface area contributed by atoms with E-state index in [9.17, 15) is 18.3 Å². The Morgan fingerprint density at radius 3 is 2.58 bits per heavy atom. The molecule has 0 aliphatic carbocycles. The summed E-state index contributed by atoms with van der Waals surface area (Å²) in [4.78, 5) is 10.7. The zero-order valence-corrected chi connectivity index (χ0v) is 13.2. The fourth-order valence-electron chi connectivity index (χ4n) is 1.78. The summed E-state index contributed by atoms with van der Waals surface area (Å²) in [6.07, 6.45) is 0.476. The number of nitrogens with zero attached hydrogens (tertiary/aromatic N) is 1. The monoisotopic (exact) mass is 369 g/mol. The summed E-state index contributed by atoms with van der Waals surface area (Å²) in [7, 11) is -3.75. The number of β-amino-alcohol motifs (C(OH)–C–C–N with tert-alkyl or cyclic N) is 1. The van der Waals surface area contributed by atoms with Crippen LogP contribution in [0.25, 0.3) is 0 Å². The number of aliphatic hydroxyl groups is 1. The van der Waals surface area contributed by atoms with E-state index in [1.165, 1.54) is 0 Å². The Kier molecular flexibility index (Phi) is 3.78. The predicted octanol–water partition coefficient (Wildman–Crippen LogP) is 1.35. The van der Waals surface area contributed by atoms with Gasteiger partial charge in [0.25, 0.3) is 0 Å². The van der Waals surface area contributed by atoms with Gasteiger partial charge in [-0.3, -0.25) is 0 Å². The summed E-state index contributed by atoms with van der Waals surface area (Å²) < 4.78 is 26.0. The molecule has 0 unspecified atom stereocenters. The van der Waals surface area contributed by atoms with Gasteiger partial charge in [-0.15, -0.1) is 11.3 Å². The van der Waals surface area contributed by atoms with Crippen molar-refractivity contribution in [3.8, 4) is 0 Å². The van der Waals surface area contributed by atoms with Gasteiger partial charge >= 0.3 is 5.97 Å². The second-order valence-electron chi connectivity index (χ2n) is 4.40. The maximum Gasteiger partial charge on any atom is 0.345 e. The van der Waals surface area contributed by atoms with Crippen molar-refractivity contribution in [1.82, 2.24) is 4.31 Å². The average Bonchev–Trinajstić information content (AvgIpc) is 2.68. The van der Waals surface area contributed by atoms with Crippen LogP contribution in [0.5, 0.6) is 0 Å². The molecule has 0 radical (unpaired) electrons. The Hall–Kier alpha value is -0.480. The van der Waals surface area contributed by atoms with E-state index in [0.29, 0.717) is 6.42 Å². The number of carboxylic acid groups (broad SMARTS) is 1. The van der Waals surface area contributed by atoms with E-state index in [1.54, 1.807) is 6.92 Å². The van der Waals surface area contributed by atoms with Crippen molar-refractivity contribution >= 4 is 43.3 Å². The third kappa shape index (κ3) is 2.57. The molecule has 0 bridgehead atoms. The maximum atomic E-state index is 12.3. The van der Waals surface area contributed by atoms with Gasteiger partial charge in [0.05, 0.1) is 9.39 Å². The van der Waals surface area contributed by atoms with Crippen LogP contribution in [0.3, 0.4) is 0 Å². The fraction of sp³-hybridized carbons (Fsp3) is 0.500. The quantitative estimate of drug-likeness (QED) is 0.835. The molecule has 2 heterocycles. The molecular formula is C10H12BrNO5S2. The summed E-state index contributed by atoms with van der Waals surface area (Å²) in [5.74, 6) is -1.17. The Bertz CT molecular complexity index is 618. The van der Waals surface area contributed by atoms with E-state index in [1.807, 2.05) is 0 Å². The highest BCUT2D eigenvalue weighted by Gasteiger charge is 2.46. The lowest BCUT2D eigenvalue weighted by Crippen LogP contribution is -2.62. The largest absolute Gasteiger partial charge is 0.477 e. The van der Waals surface area contributed by atoms with Crippen molar-refractivity contribution in [2.75, 3.05) is 13.1 Å². The normalized spacial score (nSPS) is 19.1. The molecule has 1 aromatic rings. The lowest BCUT2D eigenvalue weighted by atomic mass is 9.94. The first-order chi connectivity index (χ1) is 8.69. The molecule has 2 N–H and O–H groups in total. The lowest BCUT2D eigenvalue weighted by molar-refractivity contribution is -0.0613. The Morgan fingerprint density at radius 2 is 2.16 bits per heavy atom. The van der Waals surface area contributed by atoms with Crippen molar-refractivity contribution in [1.29, 1.82) is 0 Å². The van der Waals surface area contributed by atoms with Gasteiger partial charge in [0.15, 0.2) is 0 Å². The Balaban J connectivity index is 2.29. The molecule has 1 fully saturated rings. The van der Waals surface area contributed by atoms with Crippen LogP contribution in [0.1, 0.15) is 23.0 Å². The second kappa shape index (κ2) is 4.81. The van der Waals surface area contributed by atoms with Crippen LogP contribution in [-0.2, 0) is 10.0 Å². The van der Waals surface area contributed by atoms with Crippen LogP contribution in [0, 0.1) is 0 Å². The third-order valence-electron chi connectivity index (χ3n) is 3.08. The van der Waals surface area contributed by atoms with Crippen molar-refractivity contribution in [3.63, 3.8) is 0 Å². The van der Waals surface area contributed by atoms with Gasteiger partial charge in [-0.2, -0.15) is 4.31 Å². The van der Waals surface area contributed by atoms with E-state index in [4.69, 9.17) is 5.11 Å². The number of thiophene rings is 1. The highest BCUT2D eigenvalue weighted by atomic mass is 79.9. The highest BCUT2D eigenvalue weighted by molar-refractivity contribution is 9.11. The molecule has 2 rings (SSSR count). The smallest absolute Gasteiger partial charge is 0.345 e. The maximum absolute atomic E-state index is 12.3. The summed E-state index contributed by atoms with van der Waals surface area (Å²) in [5, 5.41) is 18.7. The number of hydrogen-bond donors (Lipinski definition) is 2. The van der Waals surface area contributed by atoms with E-state index >= 15 is 0 Å². The molecule has 9 heteroatoms. The van der Waals surface area contributed by atoms with Gasteiger partial charge in [-0.1, -0.05) is 6.92 Å². The van der Waals surface area contributed by atoms with Gasteiger partial charge in [0, 0.05) is 13.1 Å². The number of sulfonamides is 1. The molecule has 1 aliphatic rings. The van der Waals surface area contributed by atoms with Crippen LogP contribution in [-0.4, -0.2) is 47.6 Å². The summed E-state index contributed by atoms with van der Waals surface area (Å²) in [6, 6.07) is 1.13. The molecule has 0 amide bonds. The predicted molar refractivity (Wildman–Crippen MR) is 73.0 cm³/mol. The van der Waals surface area contributed by atoms with Crippen molar-refractivity contribution in [3.05, 3.63) is 14.7 Å². The SMILES string of the molecule is CCC1(O)CN(S(=O)(=O)c2cc(C(=O)O)sc2Br)C1. The fourth-order valence-corrected chi connectivity index (χ4v) is 5.73. The number of carbonyl (C=O) groups is 1. The zero-order chi connectivity index (χ0) is 14.4.